The molecule has 8 N–H and O–H groups in total. The zero-order valence-corrected chi connectivity index (χ0v) is 53.5. The van der Waals surface area contributed by atoms with E-state index >= 15 is 0 Å². The molecule has 0 bridgehead atoms. The van der Waals surface area contributed by atoms with Crippen molar-refractivity contribution >= 4 is 83.3 Å². The lowest BCUT2D eigenvalue weighted by atomic mass is 10.0. The van der Waals surface area contributed by atoms with Gasteiger partial charge in [-0.05, 0) is 161 Å². The van der Waals surface area contributed by atoms with Gasteiger partial charge in [0.15, 0.2) is 0 Å². The molecule has 0 spiro atoms. The Bertz CT molecular complexity index is 2980. The van der Waals surface area contributed by atoms with Gasteiger partial charge in [0.25, 0.3) is 0 Å². The van der Waals surface area contributed by atoms with Gasteiger partial charge in [-0.15, -0.1) is 22.8 Å². The lowest BCUT2D eigenvalue weighted by molar-refractivity contribution is -0.142. The number of urea groups is 1. The van der Waals surface area contributed by atoms with Gasteiger partial charge < -0.3 is 61.8 Å². The molecule has 88 heavy (non-hydrogen) atoms. The van der Waals surface area contributed by atoms with E-state index in [9.17, 15) is 33.6 Å². The predicted molar refractivity (Wildman–Crippen MR) is 333 cm³/mol. The zero-order chi connectivity index (χ0) is 62.7. The Morgan fingerprint density at radius 1 is 0.727 bits per heavy atom. The molecule has 4 aliphatic rings. The number of thioether (sulfide) groups is 1. The smallest absolute Gasteiger partial charge is 0.315 e. The minimum atomic E-state index is -1.09. The number of aromatic nitrogens is 8. The lowest BCUT2D eigenvalue weighted by Crippen LogP contribution is -2.58. The molecular formula is C58H86N18O9S3. The van der Waals surface area contributed by atoms with Crippen molar-refractivity contribution in [1.29, 1.82) is 0 Å². The molecule has 2 aromatic heterocycles. The zero-order valence-electron chi connectivity index (χ0n) is 51.0. The summed E-state index contributed by atoms with van der Waals surface area (Å²) >= 11 is 7.66. The van der Waals surface area contributed by atoms with E-state index in [0.29, 0.717) is 104 Å². The predicted octanol–water partition coefficient (Wildman–Crippen LogP) is 2.82. The minimum absolute atomic E-state index is 0.00104. The van der Waals surface area contributed by atoms with Gasteiger partial charge in [-0.3, -0.25) is 28.8 Å². The number of nitrogens with one attached hydrogen (secondary N) is 8. The van der Waals surface area contributed by atoms with Crippen molar-refractivity contribution in [2.24, 2.45) is 0 Å². The second kappa shape index (κ2) is 33.4. The maximum atomic E-state index is 14.8. The summed E-state index contributed by atoms with van der Waals surface area (Å²) in [5.74, 6) is -0.729. The number of likely N-dealkylation sites (N-methyl/N-ethyl adjacent to an activating group) is 2. The summed E-state index contributed by atoms with van der Waals surface area (Å²) in [5, 5.41) is 49.2. The number of carbonyl (C=O) groups is 7. The van der Waals surface area contributed by atoms with Crippen molar-refractivity contribution in [3.63, 3.8) is 0 Å². The van der Waals surface area contributed by atoms with Crippen LogP contribution in [-0.4, -0.2) is 197 Å². The van der Waals surface area contributed by atoms with Crippen molar-refractivity contribution in [1.82, 2.24) is 87.4 Å². The molecule has 4 fully saturated rings. The highest BCUT2D eigenvalue weighted by atomic mass is 32.2. The summed E-state index contributed by atoms with van der Waals surface area (Å²) < 4.78 is 16.3. The van der Waals surface area contributed by atoms with E-state index in [4.69, 9.17) is 9.47 Å². The number of likely N-dealkylation sites (tertiary alicyclic amines) is 2. The summed E-state index contributed by atoms with van der Waals surface area (Å²) in [6.45, 7) is 8.86. The van der Waals surface area contributed by atoms with Crippen molar-refractivity contribution in [3.8, 4) is 0 Å². The van der Waals surface area contributed by atoms with Crippen LogP contribution in [0.4, 0.5) is 10.5 Å². The maximum absolute atomic E-state index is 14.8. The largest absolute Gasteiger partial charge is 0.371 e. The van der Waals surface area contributed by atoms with Gasteiger partial charge in [0.1, 0.15) is 12.1 Å². The number of anilines is 1. The second-order valence-electron chi connectivity index (χ2n) is 23.0. The highest BCUT2D eigenvalue weighted by Crippen LogP contribution is 2.34. The maximum Gasteiger partial charge on any atom is 0.315 e. The molecule has 4 aliphatic heterocycles. The number of benzene rings is 2. The fourth-order valence-corrected chi connectivity index (χ4v) is 13.8. The molecule has 0 aliphatic carbocycles. The van der Waals surface area contributed by atoms with Crippen LogP contribution < -0.4 is 42.5 Å². The van der Waals surface area contributed by atoms with Gasteiger partial charge in [-0.2, -0.15) is 11.8 Å². The Labute approximate surface area is 527 Å². The first kappa shape index (κ1) is 67.5. The number of ether oxygens (including phenoxy) is 2. The van der Waals surface area contributed by atoms with E-state index in [2.05, 4.69) is 86.2 Å². The number of fused-ring (bicyclic) bond motifs is 1. The van der Waals surface area contributed by atoms with Crippen LogP contribution in [-0.2, 0) is 64.5 Å². The molecular weight excluding hydrogens is 1190 g/mol. The summed E-state index contributed by atoms with van der Waals surface area (Å²) in [6.07, 6.45) is 6.43. The number of unbranched alkanes of at least 4 members (excludes halogenated alkanes) is 3. The average Bonchev–Trinajstić information content (AvgIpc) is 2.77. The van der Waals surface area contributed by atoms with Crippen molar-refractivity contribution in [2.45, 2.75) is 212 Å². The molecule has 8 amide bonds. The van der Waals surface area contributed by atoms with Crippen LogP contribution in [0.25, 0.3) is 0 Å². The third kappa shape index (κ3) is 19.0. The van der Waals surface area contributed by atoms with Crippen LogP contribution in [0.1, 0.15) is 116 Å². The Hall–Kier alpha value is -6.44. The molecule has 0 radical (unpaired) electrons. The monoisotopic (exact) mass is 1270 g/mol. The number of hydrogen-bond acceptors (Lipinski definition) is 20. The first-order valence-electron chi connectivity index (χ1n) is 30.6. The van der Waals surface area contributed by atoms with E-state index in [1.54, 1.807) is 68.4 Å². The Morgan fingerprint density at radius 3 is 1.91 bits per heavy atom. The Balaban J connectivity index is 0.923. The number of amides is 8. The van der Waals surface area contributed by atoms with Gasteiger partial charge in [0.05, 0.1) is 74.8 Å². The normalized spacial score (nSPS) is 20.9. The Kier molecular flexibility index (Phi) is 25.6. The van der Waals surface area contributed by atoms with E-state index in [1.165, 1.54) is 16.4 Å². The second-order valence-corrected chi connectivity index (χ2v) is 25.7. The minimum Gasteiger partial charge on any atom is -0.371 e. The molecule has 4 saturated heterocycles. The molecule has 4 aromatic rings. The van der Waals surface area contributed by atoms with Gasteiger partial charge >= 0.3 is 6.03 Å². The SMILES string of the molecule is CNC(C)C(=O)NC(C(=O)N1CCCC1Cn1nnnc1Sc1ccccc1)C(C)OCc1cc(CO[C@H](C)C(NC(=O)C(C)NC)C(=O)N2CCCC2Cn2nnnc2S)cc(NC(=O)CCCCCNC(=O)CCCCC2SC[C@@H]3NC(=O)NC23)c1. The number of tetrazole rings is 2. The van der Waals surface area contributed by atoms with Gasteiger partial charge in [-0.1, -0.05) is 37.1 Å². The molecule has 2 aromatic carbocycles. The number of carbonyl (C=O) groups excluding carboxylic acids is 7. The first-order valence-corrected chi connectivity index (χ1v) is 32.9. The molecule has 6 heterocycles. The summed E-state index contributed by atoms with van der Waals surface area (Å²) in [4.78, 5) is 99.0. The van der Waals surface area contributed by atoms with E-state index < -0.39 is 36.4 Å². The van der Waals surface area contributed by atoms with Crippen LogP contribution in [0.3, 0.4) is 0 Å². The Morgan fingerprint density at radius 2 is 1.31 bits per heavy atom. The molecule has 8 rings (SSSR count). The van der Waals surface area contributed by atoms with Crippen LogP contribution in [0.2, 0.25) is 0 Å². The first-order chi connectivity index (χ1) is 42.5. The van der Waals surface area contributed by atoms with Crippen molar-refractivity contribution < 1.29 is 43.0 Å². The molecule has 9 unspecified atom stereocenters. The van der Waals surface area contributed by atoms with Crippen LogP contribution >= 0.6 is 36.2 Å². The van der Waals surface area contributed by atoms with Gasteiger partial charge in [0, 0.05) is 54.1 Å². The van der Waals surface area contributed by atoms with Crippen LogP contribution in [0.5, 0.6) is 0 Å². The lowest BCUT2D eigenvalue weighted by Gasteiger charge is -2.33. The van der Waals surface area contributed by atoms with Crippen LogP contribution in [0, 0.1) is 0 Å². The molecule has 11 atom stereocenters. The van der Waals surface area contributed by atoms with E-state index in [0.717, 1.165) is 42.8 Å². The van der Waals surface area contributed by atoms with Gasteiger partial charge in [0.2, 0.25) is 45.8 Å². The molecule has 27 nitrogen and oxygen atoms in total. The topological polar surface area (TPSA) is 328 Å². The molecule has 480 valence electrons. The quantitative estimate of drug-likeness (QED) is 0.0184. The van der Waals surface area contributed by atoms with Crippen molar-refractivity contribution in [3.05, 3.63) is 59.7 Å². The fraction of sp³-hybridized carbons (Fsp3) is 0.638. The summed E-state index contributed by atoms with van der Waals surface area (Å²) in [5.41, 5.74) is 1.70. The van der Waals surface area contributed by atoms with Crippen molar-refractivity contribution in [2.75, 3.05) is 44.8 Å². The van der Waals surface area contributed by atoms with E-state index in [-0.39, 0.29) is 85.3 Å². The fourth-order valence-electron chi connectivity index (χ4n) is 11.3. The molecule has 30 heteroatoms. The standard InChI is InChI=1S/C58H86N18O9S3/c1-35(59-5)52(79)64-49(54(81)73-25-15-17-42(73)30-75-57(86)67-69-71-75)37(3)84-32-39-27-40(29-41(28-39)62-48(78)23-11-8-14-24-61-47(77)22-13-12-21-46-51-45(34-87-46)63-56(83)66-51)33-85-38(4)50(65-53(80)36(2)60-6)55(82)74-26-16-18-43(74)31-76-58(68-70-72-76)88-44-19-9-7-10-20-44/h7,9-10,19-20,27-29,35-38,42-43,45-46,49-51,59-60H,8,11-18,21-26,30-34H2,1-6H3,(H,61,77)(H,62,78)(H,64,79)(H,65,80)(H2,63,66,83)(H,67,71,86)/t35?,36?,37-,38?,42?,43?,45+,46?,49?,50?,51?/m1/s1. The number of nitrogens with zero attached hydrogens (tertiary/aromatic N) is 10. The van der Waals surface area contributed by atoms with Gasteiger partial charge in [-0.25, -0.2) is 14.2 Å². The highest BCUT2D eigenvalue weighted by molar-refractivity contribution is 8.00. The number of hydrogen-bond donors (Lipinski definition) is 9. The van der Waals surface area contributed by atoms with Crippen LogP contribution in [0.15, 0.2) is 63.7 Å². The summed E-state index contributed by atoms with van der Waals surface area (Å²) in [6, 6.07) is 11.5. The number of thiol groups is 1. The summed E-state index contributed by atoms with van der Waals surface area (Å²) in [7, 11) is 3.32. The van der Waals surface area contributed by atoms with E-state index in [1.807, 2.05) is 48.2 Å². The third-order valence-electron chi connectivity index (χ3n) is 16.6. The average molecular weight is 1280 g/mol. The molecule has 0 saturated carbocycles. The number of rotatable bonds is 34. The third-order valence-corrected chi connectivity index (χ3v) is 19.4. The highest BCUT2D eigenvalue weighted by Gasteiger charge is 2.43.